The van der Waals surface area contributed by atoms with Crippen LogP contribution in [-0.4, -0.2) is 54.6 Å². The Kier molecular flexibility index (Phi) is 7.96. The van der Waals surface area contributed by atoms with Crippen LogP contribution in [0.1, 0.15) is 35.8 Å². The summed E-state index contributed by atoms with van der Waals surface area (Å²) in [7, 11) is 2.81. The summed E-state index contributed by atoms with van der Waals surface area (Å²) in [6.45, 7) is 3.63. The average molecular weight is 536 g/mol. The largest absolute Gasteiger partial charge is 0.497 e. The highest BCUT2D eigenvalue weighted by Crippen LogP contribution is 2.42. The molecule has 0 fully saturated rings. The molecule has 10 nitrogen and oxygen atoms in total. The molecule has 1 unspecified atom stereocenters. The maximum absolute atomic E-state index is 13.4. The highest BCUT2D eigenvalue weighted by atomic mass is 32.2. The summed E-state index contributed by atoms with van der Waals surface area (Å²) < 4.78 is 15.2. The van der Waals surface area contributed by atoms with Crippen molar-refractivity contribution in [3.8, 4) is 5.75 Å². The van der Waals surface area contributed by atoms with Gasteiger partial charge in [0.15, 0.2) is 5.17 Å². The summed E-state index contributed by atoms with van der Waals surface area (Å²) in [6, 6.07) is 12.4. The van der Waals surface area contributed by atoms with Crippen LogP contribution in [0.25, 0.3) is 0 Å². The first kappa shape index (κ1) is 26.7. The van der Waals surface area contributed by atoms with Crippen molar-refractivity contribution in [3.63, 3.8) is 0 Å². The van der Waals surface area contributed by atoms with Gasteiger partial charge in [-0.15, -0.1) is 0 Å². The normalized spacial score (nSPS) is 16.7. The number of aliphatic imine (C=N–C) groups is 1. The molecule has 0 radical (unpaired) electrons. The van der Waals surface area contributed by atoms with Gasteiger partial charge in [0.25, 0.3) is 11.8 Å². The number of anilines is 1. The number of hydrogen-bond acceptors (Lipinski definition) is 9. The smallest absolute Gasteiger partial charge is 0.338 e. The van der Waals surface area contributed by atoms with Gasteiger partial charge in [0.2, 0.25) is 0 Å². The van der Waals surface area contributed by atoms with E-state index in [1.807, 2.05) is 0 Å². The van der Waals surface area contributed by atoms with E-state index in [9.17, 15) is 19.2 Å². The maximum atomic E-state index is 13.4. The SMILES string of the molecule is CCOC(=O)c1ccc(NC(=O)C2=CC(=O)N3C(=NC(C)=C(C(=O)OC)C3c3ccc(OC)cc3)S2)cc1. The Labute approximate surface area is 223 Å². The van der Waals surface area contributed by atoms with Crippen molar-refractivity contribution in [2.24, 2.45) is 4.99 Å². The molecule has 0 spiro atoms. The summed E-state index contributed by atoms with van der Waals surface area (Å²) in [6.07, 6.45) is 1.21. The van der Waals surface area contributed by atoms with Crippen molar-refractivity contribution >= 4 is 46.4 Å². The summed E-state index contributed by atoms with van der Waals surface area (Å²) in [5, 5.41) is 2.98. The van der Waals surface area contributed by atoms with Crippen LogP contribution in [0.2, 0.25) is 0 Å². The number of benzene rings is 2. The van der Waals surface area contributed by atoms with E-state index >= 15 is 0 Å². The number of fused-ring (bicyclic) bond motifs is 1. The van der Waals surface area contributed by atoms with Crippen LogP contribution in [0.5, 0.6) is 5.75 Å². The monoisotopic (exact) mass is 535 g/mol. The van der Waals surface area contributed by atoms with E-state index in [1.165, 1.54) is 30.2 Å². The van der Waals surface area contributed by atoms with Crippen molar-refractivity contribution < 1.29 is 33.4 Å². The van der Waals surface area contributed by atoms with Gasteiger partial charge in [0.1, 0.15) is 5.75 Å². The van der Waals surface area contributed by atoms with Crippen LogP contribution in [0.4, 0.5) is 5.69 Å². The van der Waals surface area contributed by atoms with Gasteiger partial charge in [0, 0.05) is 11.8 Å². The van der Waals surface area contributed by atoms with Crippen LogP contribution in [-0.2, 0) is 23.9 Å². The van der Waals surface area contributed by atoms with E-state index < -0.39 is 29.8 Å². The van der Waals surface area contributed by atoms with Crippen LogP contribution >= 0.6 is 11.8 Å². The number of carbonyl (C=O) groups is 4. The standard InChI is InChI=1S/C27H25N3O7S/c1-5-37-25(33)17-6-10-18(11-7-17)29-24(32)20-14-21(31)30-23(16-8-12-19(35-3)13-9-16)22(26(34)36-4)15(2)28-27(30)38-20/h6-14,23H,5H2,1-4H3,(H,29,32). The zero-order valence-electron chi connectivity index (χ0n) is 21.1. The lowest BCUT2D eigenvalue weighted by Gasteiger charge is -2.38. The number of methoxy groups -OCH3 is 2. The fourth-order valence-electron chi connectivity index (χ4n) is 3.98. The van der Waals surface area contributed by atoms with Crippen LogP contribution in [0, 0.1) is 0 Å². The third-order valence-electron chi connectivity index (χ3n) is 5.80. The van der Waals surface area contributed by atoms with Gasteiger partial charge in [0.05, 0.1) is 48.6 Å². The van der Waals surface area contributed by atoms with Gasteiger partial charge < -0.3 is 19.5 Å². The molecule has 1 N–H and O–H groups in total. The van der Waals surface area contributed by atoms with Crippen LogP contribution < -0.4 is 10.1 Å². The predicted octanol–water partition coefficient (Wildman–Crippen LogP) is 3.83. The lowest BCUT2D eigenvalue weighted by Crippen LogP contribution is -2.45. The molecule has 1 atom stereocenters. The van der Waals surface area contributed by atoms with E-state index in [1.54, 1.807) is 57.4 Å². The molecule has 4 rings (SSSR count). The second kappa shape index (κ2) is 11.3. The number of carbonyl (C=O) groups excluding carboxylic acids is 4. The van der Waals surface area contributed by atoms with Crippen molar-refractivity contribution in [2.45, 2.75) is 19.9 Å². The molecule has 2 aliphatic rings. The highest BCUT2D eigenvalue weighted by Gasteiger charge is 2.42. The van der Waals surface area contributed by atoms with Crippen LogP contribution in [0.3, 0.4) is 0 Å². The second-order valence-electron chi connectivity index (χ2n) is 8.13. The van der Waals surface area contributed by atoms with E-state index in [0.717, 1.165) is 11.8 Å². The van der Waals surface area contributed by atoms with Crippen molar-refractivity contribution in [1.82, 2.24) is 4.90 Å². The third kappa shape index (κ3) is 5.32. The Hall–Kier alpha value is -4.38. The molecular weight excluding hydrogens is 510 g/mol. The number of esters is 2. The van der Waals surface area contributed by atoms with E-state index in [4.69, 9.17) is 14.2 Å². The zero-order chi connectivity index (χ0) is 27.4. The van der Waals surface area contributed by atoms with Gasteiger partial charge in [-0.05, 0) is 67.6 Å². The van der Waals surface area contributed by atoms with Crippen molar-refractivity contribution in [1.29, 1.82) is 0 Å². The minimum Gasteiger partial charge on any atom is -0.497 e. The zero-order valence-corrected chi connectivity index (χ0v) is 22.0. The molecule has 0 saturated heterocycles. The number of thioether (sulfide) groups is 1. The van der Waals surface area contributed by atoms with Gasteiger partial charge in [-0.1, -0.05) is 12.1 Å². The molecule has 38 heavy (non-hydrogen) atoms. The quantitative estimate of drug-likeness (QED) is 0.531. The van der Waals surface area contributed by atoms with Gasteiger partial charge >= 0.3 is 11.9 Å². The molecule has 11 heteroatoms. The maximum Gasteiger partial charge on any atom is 0.338 e. The Morgan fingerprint density at radius 1 is 1.03 bits per heavy atom. The number of allylic oxidation sites excluding steroid dienone is 1. The summed E-state index contributed by atoms with van der Waals surface area (Å²) in [5.41, 5.74) is 2.03. The van der Waals surface area contributed by atoms with Crippen LogP contribution in [0.15, 0.2) is 75.8 Å². The molecule has 0 aliphatic carbocycles. The molecule has 2 heterocycles. The minimum absolute atomic E-state index is 0.127. The third-order valence-corrected chi connectivity index (χ3v) is 6.79. The topological polar surface area (TPSA) is 124 Å². The van der Waals surface area contributed by atoms with E-state index in [-0.39, 0.29) is 22.3 Å². The molecule has 0 bridgehead atoms. The fourth-order valence-corrected chi connectivity index (χ4v) is 4.95. The Bertz CT molecular complexity index is 1380. The molecular formula is C27H25N3O7S. The molecule has 0 aromatic heterocycles. The van der Waals surface area contributed by atoms with E-state index in [0.29, 0.717) is 28.3 Å². The number of amides is 2. The summed E-state index contributed by atoms with van der Waals surface area (Å²) in [4.78, 5) is 56.9. The molecule has 2 aliphatic heterocycles. The van der Waals surface area contributed by atoms with E-state index in [2.05, 4.69) is 10.3 Å². The Balaban J connectivity index is 1.62. The number of nitrogens with one attached hydrogen (secondary N) is 1. The first-order chi connectivity index (χ1) is 18.3. The number of hydrogen-bond donors (Lipinski definition) is 1. The number of nitrogens with zero attached hydrogens (tertiary/aromatic N) is 2. The van der Waals surface area contributed by atoms with Gasteiger partial charge in [-0.2, -0.15) is 0 Å². The molecule has 2 amide bonds. The first-order valence-corrected chi connectivity index (χ1v) is 12.4. The summed E-state index contributed by atoms with van der Waals surface area (Å²) in [5.74, 6) is -1.48. The predicted molar refractivity (Wildman–Crippen MR) is 141 cm³/mol. The number of ether oxygens (including phenoxy) is 3. The highest BCUT2D eigenvalue weighted by molar-refractivity contribution is 8.18. The molecule has 2 aromatic carbocycles. The number of rotatable bonds is 7. The van der Waals surface area contributed by atoms with Crippen molar-refractivity contribution in [2.75, 3.05) is 26.1 Å². The van der Waals surface area contributed by atoms with Gasteiger partial charge in [-0.3, -0.25) is 14.5 Å². The average Bonchev–Trinajstić information content (AvgIpc) is 2.92. The number of amidine groups is 1. The lowest BCUT2D eigenvalue weighted by atomic mass is 9.94. The molecule has 196 valence electrons. The minimum atomic E-state index is -0.808. The van der Waals surface area contributed by atoms with Gasteiger partial charge in [-0.25, -0.2) is 14.6 Å². The lowest BCUT2D eigenvalue weighted by molar-refractivity contribution is -0.137. The Morgan fingerprint density at radius 2 is 1.71 bits per heavy atom. The molecule has 0 saturated carbocycles. The first-order valence-electron chi connectivity index (χ1n) is 11.6. The fraction of sp³-hybridized carbons (Fsp3) is 0.222. The van der Waals surface area contributed by atoms with Crippen molar-refractivity contribution in [3.05, 3.63) is 81.9 Å². The second-order valence-corrected chi connectivity index (χ2v) is 9.14. The summed E-state index contributed by atoms with van der Waals surface area (Å²) >= 11 is 1.01. The Morgan fingerprint density at radius 3 is 2.32 bits per heavy atom. The molecule has 2 aromatic rings.